The quantitative estimate of drug-likeness (QED) is 0.444. The molecule has 0 aromatic heterocycles. The summed E-state index contributed by atoms with van der Waals surface area (Å²) in [6.45, 7) is 1.34. The summed E-state index contributed by atoms with van der Waals surface area (Å²) in [5.41, 5.74) is 1.90. The first kappa shape index (κ1) is 18.4. The fraction of sp³-hybridized carbons (Fsp3) is 0.400. The van der Waals surface area contributed by atoms with Crippen LogP contribution in [0.5, 0.6) is 23.0 Å². The van der Waals surface area contributed by atoms with E-state index in [0.29, 0.717) is 25.2 Å². The van der Waals surface area contributed by atoms with E-state index in [0.717, 1.165) is 36.8 Å². The third kappa shape index (κ3) is 4.80. The van der Waals surface area contributed by atoms with E-state index in [1.807, 2.05) is 12.1 Å². The first-order valence-electron chi connectivity index (χ1n) is 9.00. The molecule has 0 atom stereocenters. The van der Waals surface area contributed by atoms with Crippen molar-refractivity contribution in [1.29, 1.82) is 0 Å². The molecule has 0 aliphatic heterocycles. The second-order valence-electron chi connectivity index (χ2n) is 6.96. The van der Waals surface area contributed by atoms with Crippen molar-refractivity contribution in [3.8, 4) is 23.0 Å². The molecular formula is C20H26N2O4. The molecule has 1 fully saturated rings. The lowest BCUT2D eigenvalue weighted by Gasteiger charge is -2.30. The molecule has 0 unspecified atom stereocenters. The number of phenols is 4. The molecule has 140 valence electrons. The van der Waals surface area contributed by atoms with Crippen LogP contribution in [0.15, 0.2) is 36.4 Å². The lowest BCUT2D eigenvalue weighted by atomic mass is 9.91. The second kappa shape index (κ2) is 8.29. The Kier molecular flexibility index (Phi) is 5.85. The molecule has 1 saturated carbocycles. The fourth-order valence-electron chi connectivity index (χ4n) is 3.38. The lowest BCUT2D eigenvalue weighted by molar-refractivity contribution is 0.305. The third-order valence-electron chi connectivity index (χ3n) is 5.00. The standard InChI is InChI=1S/C20H26N2O4/c23-17-7-1-13(9-19(17)25)11-21-15-3-5-16(6-4-15)22-12-14-2-8-18(24)20(26)10-14/h1-2,7-10,15-16,21-26H,3-6,11-12H2. The largest absolute Gasteiger partial charge is 0.504 e. The van der Waals surface area contributed by atoms with E-state index in [9.17, 15) is 20.4 Å². The minimum Gasteiger partial charge on any atom is -0.504 e. The molecular weight excluding hydrogens is 332 g/mol. The highest BCUT2D eigenvalue weighted by molar-refractivity contribution is 5.41. The predicted molar refractivity (Wildman–Crippen MR) is 99.3 cm³/mol. The Morgan fingerprint density at radius 2 is 1.00 bits per heavy atom. The van der Waals surface area contributed by atoms with Crippen molar-refractivity contribution in [1.82, 2.24) is 10.6 Å². The molecule has 2 aromatic carbocycles. The van der Waals surface area contributed by atoms with Gasteiger partial charge in [-0.15, -0.1) is 0 Å². The maximum atomic E-state index is 9.54. The molecule has 6 nitrogen and oxygen atoms in total. The van der Waals surface area contributed by atoms with Crippen molar-refractivity contribution in [3.63, 3.8) is 0 Å². The first-order valence-corrected chi connectivity index (χ1v) is 9.00. The van der Waals surface area contributed by atoms with Crippen LogP contribution in [0.2, 0.25) is 0 Å². The van der Waals surface area contributed by atoms with Gasteiger partial charge in [-0.2, -0.15) is 0 Å². The maximum absolute atomic E-state index is 9.54. The van der Waals surface area contributed by atoms with Gasteiger partial charge in [-0.3, -0.25) is 0 Å². The van der Waals surface area contributed by atoms with E-state index < -0.39 is 0 Å². The highest BCUT2D eigenvalue weighted by Crippen LogP contribution is 2.26. The highest BCUT2D eigenvalue weighted by atomic mass is 16.3. The van der Waals surface area contributed by atoms with Crippen LogP contribution in [-0.4, -0.2) is 32.5 Å². The zero-order chi connectivity index (χ0) is 18.5. The number of hydrogen-bond donors (Lipinski definition) is 6. The minimum absolute atomic E-state index is 0.0857. The van der Waals surface area contributed by atoms with E-state index in [2.05, 4.69) is 10.6 Å². The Bertz CT molecular complexity index is 679. The topological polar surface area (TPSA) is 105 Å². The van der Waals surface area contributed by atoms with Crippen LogP contribution in [0.3, 0.4) is 0 Å². The molecule has 0 spiro atoms. The molecule has 1 aliphatic rings. The molecule has 6 heteroatoms. The number of phenolic OH excluding ortho intramolecular Hbond substituents is 4. The molecule has 0 heterocycles. The van der Waals surface area contributed by atoms with Crippen LogP contribution in [0, 0.1) is 0 Å². The Hall–Kier alpha value is -2.44. The summed E-state index contributed by atoms with van der Waals surface area (Å²) in [6.07, 6.45) is 4.29. The van der Waals surface area contributed by atoms with Gasteiger partial charge >= 0.3 is 0 Å². The SMILES string of the molecule is Oc1ccc(CNC2CCC(NCc3ccc(O)c(O)c3)CC2)cc1O. The number of benzene rings is 2. The van der Waals surface area contributed by atoms with Crippen molar-refractivity contribution >= 4 is 0 Å². The van der Waals surface area contributed by atoms with Crippen LogP contribution < -0.4 is 10.6 Å². The highest BCUT2D eigenvalue weighted by Gasteiger charge is 2.20. The van der Waals surface area contributed by atoms with E-state index in [-0.39, 0.29) is 23.0 Å². The summed E-state index contributed by atoms with van der Waals surface area (Å²) >= 11 is 0. The third-order valence-corrected chi connectivity index (χ3v) is 5.00. The van der Waals surface area contributed by atoms with Crippen LogP contribution >= 0.6 is 0 Å². The lowest BCUT2D eigenvalue weighted by Crippen LogP contribution is -2.39. The van der Waals surface area contributed by atoms with E-state index in [1.54, 1.807) is 12.1 Å². The normalized spacial score (nSPS) is 20.2. The summed E-state index contributed by atoms with van der Waals surface area (Å²) < 4.78 is 0. The summed E-state index contributed by atoms with van der Waals surface area (Å²) in [6, 6.07) is 10.7. The predicted octanol–water partition coefficient (Wildman–Crippen LogP) is 2.70. The van der Waals surface area contributed by atoms with Gasteiger partial charge in [0.2, 0.25) is 0 Å². The van der Waals surface area contributed by atoms with Crippen molar-refractivity contribution in [2.24, 2.45) is 0 Å². The van der Waals surface area contributed by atoms with Crippen LogP contribution in [0.1, 0.15) is 36.8 Å². The smallest absolute Gasteiger partial charge is 0.157 e. The van der Waals surface area contributed by atoms with Crippen LogP contribution in [0.4, 0.5) is 0 Å². The van der Waals surface area contributed by atoms with Gasteiger partial charge in [-0.1, -0.05) is 12.1 Å². The van der Waals surface area contributed by atoms with Gasteiger partial charge in [0.1, 0.15) is 0 Å². The van der Waals surface area contributed by atoms with Crippen molar-refractivity contribution in [2.75, 3.05) is 0 Å². The molecule has 0 amide bonds. The molecule has 0 bridgehead atoms. The Morgan fingerprint density at radius 1 is 0.615 bits per heavy atom. The van der Waals surface area contributed by atoms with E-state index >= 15 is 0 Å². The minimum atomic E-state index is -0.0951. The number of hydrogen-bond acceptors (Lipinski definition) is 6. The number of rotatable bonds is 6. The van der Waals surface area contributed by atoms with Gasteiger partial charge in [-0.25, -0.2) is 0 Å². The zero-order valence-corrected chi connectivity index (χ0v) is 14.7. The fourth-order valence-corrected chi connectivity index (χ4v) is 3.38. The Balaban J connectivity index is 1.39. The average molecular weight is 358 g/mol. The molecule has 0 radical (unpaired) electrons. The molecule has 6 N–H and O–H groups in total. The monoisotopic (exact) mass is 358 g/mol. The maximum Gasteiger partial charge on any atom is 0.157 e. The molecule has 3 rings (SSSR count). The van der Waals surface area contributed by atoms with Crippen molar-refractivity contribution < 1.29 is 20.4 Å². The van der Waals surface area contributed by atoms with Crippen LogP contribution in [-0.2, 0) is 13.1 Å². The number of aromatic hydroxyl groups is 4. The molecule has 2 aromatic rings. The van der Waals surface area contributed by atoms with Gasteiger partial charge in [0, 0.05) is 25.2 Å². The van der Waals surface area contributed by atoms with Gasteiger partial charge in [-0.05, 0) is 61.1 Å². The van der Waals surface area contributed by atoms with Gasteiger partial charge in [0.15, 0.2) is 23.0 Å². The zero-order valence-electron chi connectivity index (χ0n) is 14.7. The summed E-state index contributed by atoms with van der Waals surface area (Å²) in [5, 5.41) is 44.8. The summed E-state index contributed by atoms with van der Waals surface area (Å²) in [4.78, 5) is 0. The van der Waals surface area contributed by atoms with E-state index in [4.69, 9.17) is 0 Å². The van der Waals surface area contributed by atoms with Gasteiger partial charge < -0.3 is 31.1 Å². The van der Waals surface area contributed by atoms with Crippen LogP contribution in [0.25, 0.3) is 0 Å². The summed E-state index contributed by atoms with van der Waals surface area (Å²) in [5.74, 6) is -0.362. The Morgan fingerprint density at radius 3 is 1.35 bits per heavy atom. The number of nitrogens with one attached hydrogen (secondary N) is 2. The average Bonchev–Trinajstić information content (AvgIpc) is 2.64. The first-order chi connectivity index (χ1) is 12.5. The molecule has 1 aliphatic carbocycles. The van der Waals surface area contributed by atoms with E-state index in [1.165, 1.54) is 12.1 Å². The second-order valence-corrected chi connectivity index (χ2v) is 6.96. The summed E-state index contributed by atoms with van der Waals surface area (Å²) in [7, 11) is 0. The van der Waals surface area contributed by atoms with Crippen molar-refractivity contribution in [3.05, 3.63) is 47.5 Å². The van der Waals surface area contributed by atoms with Gasteiger partial charge in [0.25, 0.3) is 0 Å². The molecule has 0 saturated heterocycles. The van der Waals surface area contributed by atoms with Crippen molar-refractivity contribution in [2.45, 2.75) is 50.9 Å². The molecule has 26 heavy (non-hydrogen) atoms. The Labute approximate surface area is 153 Å². The van der Waals surface area contributed by atoms with Gasteiger partial charge in [0.05, 0.1) is 0 Å².